The summed E-state index contributed by atoms with van der Waals surface area (Å²) in [6.07, 6.45) is 4.67. The molecular formula is C14H25N3O3S. The summed E-state index contributed by atoms with van der Waals surface area (Å²) in [5.41, 5.74) is 6.56. The molecule has 0 aliphatic heterocycles. The van der Waals surface area contributed by atoms with E-state index in [4.69, 9.17) is 10.5 Å². The van der Waals surface area contributed by atoms with Gasteiger partial charge in [0.15, 0.2) is 0 Å². The fourth-order valence-electron chi connectivity index (χ4n) is 2.48. The fourth-order valence-corrected chi connectivity index (χ4v) is 3.70. The Morgan fingerprint density at radius 1 is 1.48 bits per heavy atom. The molecule has 0 spiro atoms. The van der Waals surface area contributed by atoms with Gasteiger partial charge in [-0.1, -0.05) is 0 Å². The minimum absolute atomic E-state index is 0.0904. The zero-order chi connectivity index (χ0) is 15.5. The first-order valence-corrected chi connectivity index (χ1v) is 8.82. The molecule has 1 fully saturated rings. The van der Waals surface area contributed by atoms with E-state index in [1.807, 2.05) is 11.5 Å². The highest BCUT2D eigenvalue weighted by Crippen LogP contribution is 2.48. The number of sulfonamides is 1. The molecule has 1 aliphatic rings. The predicted octanol–water partition coefficient (Wildman–Crippen LogP) is 1.06. The molecule has 1 saturated carbocycles. The molecule has 0 saturated heterocycles. The van der Waals surface area contributed by atoms with Gasteiger partial charge in [0.1, 0.15) is 0 Å². The second kappa shape index (κ2) is 6.48. The van der Waals surface area contributed by atoms with Crippen molar-refractivity contribution in [3.63, 3.8) is 0 Å². The van der Waals surface area contributed by atoms with E-state index in [0.717, 1.165) is 25.0 Å². The van der Waals surface area contributed by atoms with Gasteiger partial charge in [0, 0.05) is 45.2 Å². The van der Waals surface area contributed by atoms with Gasteiger partial charge in [0.25, 0.3) is 0 Å². The second-order valence-electron chi connectivity index (χ2n) is 5.72. The summed E-state index contributed by atoms with van der Waals surface area (Å²) in [4.78, 5) is 0.298. The minimum Gasteiger partial charge on any atom is -0.385 e. The van der Waals surface area contributed by atoms with Crippen molar-refractivity contribution in [2.45, 2.75) is 44.2 Å². The van der Waals surface area contributed by atoms with E-state index in [-0.39, 0.29) is 5.41 Å². The summed E-state index contributed by atoms with van der Waals surface area (Å²) >= 11 is 0. The summed E-state index contributed by atoms with van der Waals surface area (Å²) in [5, 5.41) is 0. The Morgan fingerprint density at radius 2 is 2.19 bits per heavy atom. The minimum atomic E-state index is -3.47. The first kappa shape index (κ1) is 16.5. The van der Waals surface area contributed by atoms with E-state index >= 15 is 0 Å². The molecule has 3 N–H and O–H groups in total. The quantitative estimate of drug-likeness (QED) is 0.713. The predicted molar refractivity (Wildman–Crippen MR) is 81.3 cm³/mol. The highest BCUT2D eigenvalue weighted by Gasteiger charge is 2.42. The van der Waals surface area contributed by atoms with Crippen molar-refractivity contribution in [1.82, 2.24) is 9.29 Å². The van der Waals surface area contributed by atoms with Crippen LogP contribution in [0.4, 0.5) is 0 Å². The molecular weight excluding hydrogens is 290 g/mol. The Balaban J connectivity index is 2.03. The van der Waals surface area contributed by atoms with Crippen LogP contribution >= 0.6 is 0 Å². The molecule has 0 aromatic carbocycles. The maximum absolute atomic E-state index is 12.4. The summed E-state index contributed by atoms with van der Waals surface area (Å²) in [5.74, 6) is 0. The zero-order valence-corrected chi connectivity index (χ0v) is 13.6. The Labute approximate surface area is 126 Å². The Hall–Kier alpha value is -0.890. The van der Waals surface area contributed by atoms with Crippen LogP contribution in [0.3, 0.4) is 0 Å². The van der Waals surface area contributed by atoms with Crippen molar-refractivity contribution in [3.05, 3.63) is 18.0 Å². The van der Waals surface area contributed by atoms with Crippen LogP contribution in [0.2, 0.25) is 0 Å². The number of rotatable bonds is 9. The molecule has 0 atom stereocenters. The van der Waals surface area contributed by atoms with Crippen LogP contribution in [0.15, 0.2) is 17.2 Å². The average molecular weight is 315 g/mol. The zero-order valence-electron chi connectivity index (χ0n) is 12.8. The van der Waals surface area contributed by atoms with E-state index in [2.05, 4.69) is 4.72 Å². The van der Waals surface area contributed by atoms with E-state index in [9.17, 15) is 8.42 Å². The molecule has 0 radical (unpaired) electrons. The maximum Gasteiger partial charge on any atom is 0.242 e. The SMILES string of the molecule is CCn1cc(S(=O)(=O)NCC2(CCOC)CC2)cc1CN. The fraction of sp³-hybridized carbons (Fsp3) is 0.714. The van der Waals surface area contributed by atoms with Crippen molar-refractivity contribution in [2.24, 2.45) is 11.1 Å². The lowest BCUT2D eigenvalue weighted by atomic mass is 10.0. The molecule has 1 heterocycles. The number of ether oxygens (including phenoxy) is 1. The number of aromatic nitrogens is 1. The van der Waals surface area contributed by atoms with Crippen LogP contribution in [0.25, 0.3) is 0 Å². The van der Waals surface area contributed by atoms with Crippen LogP contribution in [-0.4, -0.2) is 33.2 Å². The van der Waals surface area contributed by atoms with Crippen LogP contribution < -0.4 is 10.5 Å². The highest BCUT2D eigenvalue weighted by molar-refractivity contribution is 7.89. The highest BCUT2D eigenvalue weighted by atomic mass is 32.2. The first-order valence-electron chi connectivity index (χ1n) is 7.34. The van der Waals surface area contributed by atoms with Crippen LogP contribution in [0, 0.1) is 5.41 Å². The molecule has 21 heavy (non-hydrogen) atoms. The smallest absolute Gasteiger partial charge is 0.242 e. The van der Waals surface area contributed by atoms with E-state index in [0.29, 0.717) is 31.1 Å². The van der Waals surface area contributed by atoms with Crippen LogP contribution in [0.1, 0.15) is 31.9 Å². The lowest BCUT2D eigenvalue weighted by Gasteiger charge is -2.15. The number of nitrogens with one attached hydrogen (secondary N) is 1. The lowest BCUT2D eigenvalue weighted by Crippen LogP contribution is -2.30. The summed E-state index contributed by atoms with van der Waals surface area (Å²) in [6.45, 7) is 4.16. The first-order chi connectivity index (χ1) is 9.96. The molecule has 120 valence electrons. The third kappa shape index (κ3) is 3.85. The topological polar surface area (TPSA) is 86.3 Å². The monoisotopic (exact) mass is 315 g/mol. The van der Waals surface area contributed by atoms with Gasteiger partial charge in [0.05, 0.1) is 4.90 Å². The van der Waals surface area contributed by atoms with Crippen molar-refractivity contribution < 1.29 is 13.2 Å². The van der Waals surface area contributed by atoms with E-state index < -0.39 is 10.0 Å². The maximum atomic E-state index is 12.4. The van der Waals surface area contributed by atoms with Crippen LogP contribution in [0.5, 0.6) is 0 Å². The number of methoxy groups -OCH3 is 1. The van der Waals surface area contributed by atoms with Crippen molar-refractivity contribution in [2.75, 3.05) is 20.3 Å². The van der Waals surface area contributed by atoms with Gasteiger partial charge in [-0.3, -0.25) is 0 Å². The second-order valence-corrected chi connectivity index (χ2v) is 7.49. The standard InChI is InChI=1S/C14H25N3O3S/c1-3-17-10-13(8-12(17)9-15)21(18,19)16-11-14(4-5-14)6-7-20-2/h8,10,16H,3-7,9,11,15H2,1-2H3. The number of nitrogens with zero attached hydrogens (tertiary/aromatic N) is 1. The van der Waals surface area contributed by atoms with Gasteiger partial charge in [-0.2, -0.15) is 0 Å². The number of hydrogen-bond acceptors (Lipinski definition) is 4. The molecule has 0 unspecified atom stereocenters. The average Bonchev–Trinajstić information content (AvgIpc) is 3.11. The largest absolute Gasteiger partial charge is 0.385 e. The van der Waals surface area contributed by atoms with Gasteiger partial charge in [-0.15, -0.1) is 0 Å². The number of nitrogens with two attached hydrogens (primary N) is 1. The van der Waals surface area contributed by atoms with Crippen molar-refractivity contribution in [1.29, 1.82) is 0 Å². The number of aryl methyl sites for hydroxylation is 1. The van der Waals surface area contributed by atoms with Crippen molar-refractivity contribution in [3.8, 4) is 0 Å². The van der Waals surface area contributed by atoms with Crippen molar-refractivity contribution >= 4 is 10.0 Å². The summed E-state index contributed by atoms with van der Waals surface area (Å²) in [6, 6.07) is 1.65. The molecule has 0 amide bonds. The summed E-state index contributed by atoms with van der Waals surface area (Å²) in [7, 11) is -1.80. The molecule has 1 aliphatic carbocycles. The van der Waals surface area contributed by atoms with Gasteiger partial charge in [-0.05, 0) is 37.7 Å². The van der Waals surface area contributed by atoms with Gasteiger partial charge in [0.2, 0.25) is 10.0 Å². The molecule has 1 aromatic heterocycles. The van der Waals surface area contributed by atoms with Gasteiger partial charge >= 0.3 is 0 Å². The number of hydrogen-bond donors (Lipinski definition) is 2. The summed E-state index contributed by atoms with van der Waals surface area (Å²) < 4.78 is 34.5. The normalized spacial score (nSPS) is 17.1. The van der Waals surface area contributed by atoms with E-state index in [1.165, 1.54) is 0 Å². The Bertz CT molecular complexity index is 555. The molecule has 2 rings (SSSR count). The Morgan fingerprint density at radius 3 is 2.67 bits per heavy atom. The van der Waals surface area contributed by atoms with Crippen LogP contribution in [-0.2, 0) is 27.8 Å². The van der Waals surface area contributed by atoms with Gasteiger partial charge in [-0.25, -0.2) is 13.1 Å². The van der Waals surface area contributed by atoms with E-state index in [1.54, 1.807) is 19.4 Å². The third-order valence-corrected chi connectivity index (χ3v) is 5.62. The molecule has 6 nitrogen and oxygen atoms in total. The molecule has 1 aromatic rings. The lowest BCUT2D eigenvalue weighted by molar-refractivity contribution is 0.173. The molecule has 7 heteroatoms. The Kier molecular flexibility index (Phi) is 5.08. The van der Waals surface area contributed by atoms with Gasteiger partial charge < -0.3 is 15.0 Å². The third-order valence-electron chi connectivity index (χ3n) is 4.25. The molecule has 0 bridgehead atoms.